The standard InChI is InChI=1S/C13H23N7/c1-18(2)12-15-11(16-13(17-12)19(3)4)14-10-20-8-6-5-7-9-20/h10H,5-9H2,1-4H3/b14-10+. The minimum absolute atomic E-state index is 0.456. The average molecular weight is 277 g/mol. The summed E-state index contributed by atoms with van der Waals surface area (Å²) >= 11 is 0. The van der Waals surface area contributed by atoms with Crippen molar-refractivity contribution >= 4 is 24.2 Å². The summed E-state index contributed by atoms with van der Waals surface area (Å²) in [6.07, 6.45) is 5.63. The van der Waals surface area contributed by atoms with Gasteiger partial charge in [0, 0.05) is 41.3 Å². The first-order valence-electron chi connectivity index (χ1n) is 6.95. The predicted molar refractivity (Wildman–Crippen MR) is 82.1 cm³/mol. The van der Waals surface area contributed by atoms with Crippen molar-refractivity contribution in [2.45, 2.75) is 19.3 Å². The Bertz CT molecular complexity index is 438. The normalized spacial score (nSPS) is 15.7. The zero-order valence-electron chi connectivity index (χ0n) is 12.7. The van der Waals surface area contributed by atoms with Gasteiger partial charge in [-0.3, -0.25) is 0 Å². The third-order valence-corrected chi connectivity index (χ3v) is 3.13. The highest BCUT2D eigenvalue weighted by Gasteiger charge is 2.10. The Hall–Kier alpha value is -1.92. The van der Waals surface area contributed by atoms with Crippen LogP contribution in [0.2, 0.25) is 0 Å². The molecule has 1 aliphatic heterocycles. The molecule has 1 aromatic heterocycles. The number of piperidine rings is 1. The second kappa shape index (κ2) is 6.49. The number of hydrogen-bond donors (Lipinski definition) is 0. The molecule has 1 aliphatic rings. The van der Waals surface area contributed by atoms with E-state index in [1.807, 2.05) is 44.3 Å². The van der Waals surface area contributed by atoms with E-state index in [0.29, 0.717) is 17.8 Å². The molecule has 2 rings (SSSR count). The molecule has 110 valence electrons. The van der Waals surface area contributed by atoms with Gasteiger partial charge in [-0.15, -0.1) is 0 Å². The van der Waals surface area contributed by atoms with Gasteiger partial charge in [0.05, 0.1) is 6.34 Å². The van der Waals surface area contributed by atoms with Gasteiger partial charge in [0.2, 0.25) is 11.9 Å². The molecule has 1 saturated heterocycles. The molecule has 20 heavy (non-hydrogen) atoms. The van der Waals surface area contributed by atoms with Crippen molar-refractivity contribution in [2.75, 3.05) is 51.1 Å². The Balaban J connectivity index is 2.19. The minimum Gasteiger partial charge on any atom is -0.362 e. The maximum absolute atomic E-state index is 4.40. The number of aromatic nitrogens is 3. The first kappa shape index (κ1) is 14.5. The largest absolute Gasteiger partial charge is 0.362 e. The molecular weight excluding hydrogens is 254 g/mol. The van der Waals surface area contributed by atoms with Crippen LogP contribution in [-0.2, 0) is 0 Å². The lowest BCUT2D eigenvalue weighted by Crippen LogP contribution is -2.28. The fourth-order valence-corrected chi connectivity index (χ4v) is 1.97. The van der Waals surface area contributed by atoms with E-state index in [4.69, 9.17) is 0 Å². The second-order valence-electron chi connectivity index (χ2n) is 5.37. The van der Waals surface area contributed by atoms with Crippen LogP contribution in [0.25, 0.3) is 0 Å². The third kappa shape index (κ3) is 3.79. The summed E-state index contributed by atoms with van der Waals surface area (Å²) in [5, 5.41) is 0. The average Bonchev–Trinajstić information content (AvgIpc) is 2.45. The molecule has 0 spiro atoms. The van der Waals surface area contributed by atoms with Gasteiger partial charge < -0.3 is 14.7 Å². The van der Waals surface area contributed by atoms with Crippen LogP contribution in [0.15, 0.2) is 4.99 Å². The summed E-state index contributed by atoms with van der Waals surface area (Å²) < 4.78 is 0. The van der Waals surface area contributed by atoms with E-state index in [0.717, 1.165) is 13.1 Å². The monoisotopic (exact) mass is 277 g/mol. The summed E-state index contributed by atoms with van der Waals surface area (Å²) in [4.78, 5) is 23.4. The molecule has 0 saturated carbocycles. The van der Waals surface area contributed by atoms with E-state index in [2.05, 4.69) is 24.8 Å². The molecule has 0 unspecified atom stereocenters. The van der Waals surface area contributed by atoms with Crippen LogP contribution in [0.4, 0.5) is 17.8 Å². The van der Waals surface area contributed by atoms with Crippen LogP contribution in [0.3, 0.4) is 0 Å². The quantitative estimate of drug-likeness (QED) is 0.608. The highest BCUT2D eigenvalue weighted by Crippen LogP contribution is 2.15. The Morgan fingerprint density at radius 2 is 1.45 bits per heavy atom. The number of hydrogen-bond acceptors (Lipinski definition) is 6. The molecule has 7 heteroatoms. The van der Waals surface area contributed by atoms with Crippen molar-refractivity contribution < 1.29 is 0 Å². The van der Waals surface area contributed by atoms with Gasteiger partial charge in [-0.2, -0.15) is 15.0 Å². The van der Waals surface area contributed by atoms with Crippen molar-refractivity contribution in [2.24, 2.45) is 4.99 Å². The number of aliphatic imine (C=N–C) groups is 1. The summed E-state index contributed by atoms with van der Waals surface area (Å²) in [6, 6.07) is 0. The SMILES string of the molecule is CN(C)c1nc(/N=C/N2CCCCC2)nc(N(C)C)n1. The lowest BCUT2D eigenvalue weighted by atomic mass is 10.1. The van der Waals surface area contributed by atoms with Gasteiger partial charge in [0.1, 0.15) is 0 Å². The number of rotatable bonds is 4. The lowest BCUT2D eigenvalue weighted by Gasteiger charge is -2.23. The van der Waals surface area contributed by atoms with Crippen LogP contribution in [0.5, 0.6) is 0 Å². The zero-order valence-corrected chi connectivity index (χ0v) is 12.7. The zero-order chi connectivity index (χ0) is 14.5. The van der Waals surface area contributed by atoms with Gasteiger partial charge >= 0.3 is 0 Å². The summed E-state index contributed by atoms with van der Waals surface area (Å²) in [5.74, 6) is 1.70. The van der Waals surface area contributed by atoms with E-state index < -0.39 is 0 Å². The molecule has 2 heterocycles. The molecule has 0 aliphatic carbocycles. The van der Waals surface area contributed by atoms with Crippen LogP contribution in [0, 0.1) is 0 Å². The van der Waals surface area contributed by atoms with Crippen LogP contribution < -0.4 is 9.80 Å². The van der Waals surface area contributed by atoms with Gasteiger partial charge in [-0.25, -0.2) is 4.99 Å². The molecule has 0 N–H and O–H groups in total. The molecule has 0 atom stereocenters. The van der Waals surface area contributed by atoms with Gasteiger partial charge in [-0.1, -0.05) is 0 Å². The van der Waals surface area contributed by atoms with E-state index in [1.165, 1.54) is 19.3 Å². The van der Waals surface area contributed by atoms with Crippen LogP contribution in [0.1, 0.15) is 19.3 Å². The Labute approximate surface area is 120 Å². The van der Waals surface area contributed by atoms with Crippen LogP contribution in [-0.4, -0.2) is 67.5 Å². The Kier molecular flexibility index (Phi) is 4.70. The maximum Gasteiger partial charge on any atom is 0.257 e. The molecule has 1 fully saturated rings. The molecule has 7 nitrogen and oxygen atoms in total. The highest BCUT2D eigenvalue weighted by atomic mass is 15.3. The van der Waals surface area contributed by atoms with Crippen molar-refractivity contribution in [3.63, 3.8) is 0 Å². The second-order valence-corrected chi connectivity index (χ2v) is 5.37. The summed E-state index contributed by atoms with van der Waals surface area (Å²) in [5.41, 5.74) is 0. The smallest absolute Gasteiger partial charge is 0.257 e. The van der Waals surface area contributed by atoms with Crippen molar-refractivity contribution in [3.8, 4) is 0 Å². The first-order chi connectivity index (χ1) is 9.56. The fraction of sp³-hybridized carbons (Fsp3) is 0.692. The molecule has 0 bridgehead atoms. The van der Waals surface area contributed by atoms with Gasteiger partial charge in [-0.05, 0) is 19.3 Å². The first-order valence-corrected chi connectivity index (χ1v) is 6.95. The van der Waals surface area contributed by atoms with E-state index >= 15 is 0 Å². The van der Waals surface area contributed by atoms with Gasteiger partial charge in [0.15, 0.2) is 0 Å². The van der Waals surface area contributed by atoms with Gasteiger partial charge in [0.25, 0.3) is 5.95 Å². The van der Waals surface area contributed by atoms with Crippen molar-refractivity contribution in [1.29, 1.82) is 0 Å². The number of anilines is 2. The number of nitrogens with zero attached hydrogens (tertiary/aromatic N) is 7. The topological polar surface area (TPSA) is 60.8 Å². The lowest BCUT2D eigenvalue weighted by molar-refractivity contribution is 0.351. The van der Waals surface area contributed by atoms with Crippen molar-refractivity contribution in [3.05, 3.63) is 0 Å². The molecule has 1 aromatic rings. The van der Waals surface area contributed by atoms with E-state index in [-0.39, 0.29) is 0 Å². The maximum atomic E-state index is 4.40. The highest BCUT2D eigenvalue weighted by molar-refractivity contribution is 5.59. The Morgan fingerprint density at radius 1 is 0.900 bits per heavy atom. The molecule has 0 radical (unpaired) electrons. The van der Waals surface area contributed by atoms with E-state index in [1.54, 1.807) is 0 Å². The minimum atomic E-state index is 0.456. The molecule has 0 amide bonds. The predicted octanol–water partition coefficient (Wildman–Crippen LogP) is 1.15. The molecular formula is C13H23N7. The van der Waals surface area contributed by atoms with E-state index in [9.17, 15) is 0 Å². The molecule has 0 aromatic carbocycles. The fourth-order valence-electron chi connectivity index (χ4n) is 1.97. The summed E-state index contributed by atoms with van der Waals surface area (Å²) in [6.45, 7) is 2.13. The summed E-state index contributed by atoms with van der Waals surface area (Å²) in [7, 11) is 7.64. The van der Waals surface area contributed by atoms with Crippen molar-refractivity contribution in [1.82, 2.24) is 19.9 Å². The Morgan fingerprint density at radius 3 is 1.95 bits per heavy atom. The number of likely N-dealkylation sites (tertiary alicyclic amines) is 1. The van der Waals surface area contributed by atoms with Crippen LogP contribution >= 0.6 is 0 Å². The third-order valence-electron chi connectivity index (χ3n) is 3.13.